The van der Waals surface area contributed by atoms with E-state index in [1.165, 1.54) is 18.5 Å². The summed E-state index contributed by atoms with van der Waals surface area (Å²) in [5.41, 5.74) is -0.636. The minimum Gasteiger partial charge on any atom is -0.356 e. The number of rotatable bonds is 3. The fraction of sp³-hybridized carbons (Fsp3) is 0.389. The third-order valence-electron chi connectivity index (χ3n) is 4.31. The highest BCUT2D eigenvalue weighted by Gasteiger charge is 2.30. The van der Waals surface area contributed by atoms with Gasteiger partial charge in [0.05, 0.1) is 5.56 Å². The molecule has 0 aliphatic carbocycles. The second-order valence-corrected chi connectivity index (χ2v) is 6.49. The zero-order valence-electron chi connectivity index (χ0n) is 14.3. The quantitative estimate of drug-likeness (QED) is 0.895. The van der Waals surface area contributed by atoms with Crippen LogP contribution < -0.4 is 10.2 Å². The fourth-order valence-corrected chi connectivity index (χ4v) is 3.01. The molecular weight excluding hydrogens is 345 g/mol. The van der Waals surface area contributed by atoms with E-state index in [4.69, 9.17) is 0 Å². The van der Waals surface area contributed by atoms with E-state index >= 15 is 0 Å². The standard InChI is InChI=1S/C18H19F3N4O/c1-12-4-3-7-25(10-12)16-9-15(22-11-23-16)17(26)24-14-6-2-5-13(8-14)18(19,20)21/h2,5-6,8-9,11-12H,3-4,7,10H2,1H3,(H,24,26). The Bertz CT molecular complexity index is 794. The Morgan fingerprint density at radius 1 is 1.27 bits per heavy atom. The van der Waals surface area contributed by atoms with Gasteiger partial charge in [0.25, 0.3) is 5.91 Å². The molecule has 1 fully saturated rings. The molecule has 26 heavy (non-hydrogen) atoms. The summed E-state index contributed by atoms with van der Waals surface area (Å²) in [4.78, 5) is 22.6. The molecule has 3 rings (SSSR count). The number of piperidine rings is 1. The lowest BCUT2D eigenvalue weighted by atomic mass is 10.0. The highest BCUT2D eigenvalue weighted by atomic mass is 19.4. The van der Waals surface area contributed by atoms with Crippen LogP contribution in [0.2, 0.25) is 0 Å². The van der Waals surface area contributed by atoms with Crippen molar-refractivity contribution in [2.75, 3.05) is 23.3 Å². The van der Waals surface area contributed by atoms with Gasteiger partial charge in [0.2, 0.25) is 0 Å². The summed E-state index contributed by atoms with van der Waals surface area (Å²) >= 11 is 0. The van der Waals surface area contributed by atoms with Gasteiger partial charge in [-0.2, -0.15) is 13.2 Å². The van der Waals surface area contributed by atoms with E-state index in [0.717, 1.165) is 38.1 Å². The van der Waals surface area contributed by atoms with Crippen LogP contribution in [0.1, 0.15) is 35.8 Å². The summed E-state index contributed by atoms with van der Waals surface area (Å²) in [5, 5.41) is 2.46. The van der Waals surface area contributed by atoms with E-state index < -0.39 is 17.6 Å². The molecule has 2 aromatic rings. The lowest BCUT2D eigenvalue weighted by Gasteiger charge is -2.31. The number of hydrogen-bond acceptors (Lipinski definition) is 4. The molecule has 138 valence electrons. The van der Waals surface area contributed by atoms with Gasteiger partial charge < -0.3 is 10.2 Å². The molecule has 1 N–H and O–H groups in total. The smallest absolute Gasteiger partial charge is 0.356 e. The predicted octanol–water partition coefficient (Wildman–Crippen LogP) is 3.98. The summed E-state index contributed by atoms with van der Waals surface area (Å²) in [6.45, 7) is 3.87. The van der Waals surface area contributed by atoms with Crippen LogP contribution in [0.5, 0.6) is 0 Å². The Balaban J connectivity index is 1.75. The fourth-order valence-electron chi connectivity index (χ4n) is 3.01. The van der Waals surface area contributed by atoms with Gasteiger partial charge in [-0.1, -0.05) is 13.0 Å². The van der Waals surface area contributed by atoms with E-state index in [-0.39, 0.29) is 11.4 Å². The van der Waals surface area contributed by atoms with Crippen LogP contribution in [0.15, 0.2) is 36.7 Å². The van der Waals surface area contributed by atoms with Gasteiger partial charge in [-0.05, 0) is 37.0 Å². The van der Waals surface area contributed by atoms with Crippen LogP contribution in [0.25, 0.3) is 0 Å². The molecule has 2 heterocycles. The van der Waals surface area contributed by atoms with Crippen molar-refractivity contribution in [1.82, 2.24) is 9.97 Å². The molecular formula is C18H19F3N4O. The number of nitrogens with zero attached hydrogens (tertiary/aromatic N) is 3. The molecule has 0 radical (unpaired) electrons. The zero-order chi connectivity index (χ0) is 18.7. The monoisotopic (exact) mass is 364 g/mol. The number of halogens is 3. The molecule has 0 bridgehead atoms. The van der Waals surface area contributed by atoms with Crippen LogP contribution in [-0.2, 0) is 6.18 Å². The van der Waals surface area contributed by atoms with E-state index in [1.54, 1.807) is 6.07 Å². The summed E-state index contributed by atoms with van der Waals surface area (Å²) in [6, 6.07) is 6.07. The Labute approximate surface area is 149 Å². The third-order valence-corrected chi connectivity index (χ3v) is 4.31. The number of nitrogens with one attached hydrogen (secondary N) is 1. The van der Waals surface area contributed by atoms with E-state index in [0.29, 0.717) is 11.7 Å². The number of aromatic nitrogens is 2. The summed E-state index contributed by atoms with van der Waals surface area (Å²) in [6.07, 6.45) is -0.954. The Morgan fingerprint density at radius 2 is 2.08 bits per heavy atom. The SMILES string of the molecule is CC1CCCN(c2cc(C(=O)Nc3cccc(C(F)(F)F)c3)ncn2)C1. The van der Waals surface area contributed by atoms with E-state index in [9.17, 15) is 18.0 Å². The number of anilines is 2. The van der Waals surface area contributed by atoms with Gasteiger partial charge in [-0.15, -0.1) is 0 Å². The number of amides is 1. The average molecular weight is 364 g/mol. The Hall–Kier alpha value is -2.64. The second-order valence-electron chi connectivity index (χ2n) is 6.49. The molecule has 1 saturated heterocycles. The zero-order valence-corrected chi connectivity index (χ0v) is 14.3. The maximum absolute atomic E-state index is 12.8. The maximum atomic E-state index is 12.8. The van der Waals surface area contributed by atoms with Crippen LogP contribution in [0.3, 0.4) is 0 Å². The number of carbonyl (C=O) groups is 1. The number of carbonyl (C=O) groups excluding carboxylic acids is 1. The average Bonchev–Trinajstić information content (AvgIpc) is 2.61. The van der Waals surface area contributed by atoms with Crippen molar-refractivity contribution < 1.29 is 18.0 Å². The van der Waals surface area contributed by atoms with Crippen molar-refractivity contribution in [1.29, 1.82) is 0 Å². The number of hydrogen-bond donors (Lipinski definition) is 1. The molecule has 1 aliphatic heterocycles. The molecule has 1 aromatic carbocycles. The van der Waals surface area contributed by atoms with Crippen molar-refractivity contribution in [3.8, 4) is 0 Å². The number of benzene rings is 1. The van der Waals surface area contributed by atoms with E-state index in [2.05, 4.69) is 27.1 Å². The van der Waals surface area contributed by atoms with Crippen molar-refractivity contribution in [2.45, 2.75) is 25.9 Å². The maximum Gasteiger partial charge on any atom is 0.416 e. The van der Waals surface area contributed by atoms with Gasteiger partial charge in [0.15, 0.2) is 0 Å². The molecule has 1 aliphatic rings. The van der Waals surface area contributed by atoms with Gasteiger partial charge in [0, 0.05) is 24.8 Å². The minimum absolute atomic E-state index is 0.0663. The first-order valence-electron chi connectivity index (χ1n) is 8.38. The molecule has 8 heteroatoms. The van der Waals surface area contributed by atoms with Crippen molar-refractivity contribution in [3.05, 3.63) is 47.9 Å². The third kappa shape index (κ3) is 4.30. The Kier molecular flexibility index (Phi) is 5.11. The summed E-state index contributed by atoms with van der Waals surface area (Å²) < 4.78 is 38.3. The second kappa shape index (κ2) is 7.31. The van der Waals surface area contributed by atoms with Gasteiger partial charge >= 0.3 is 6.18 Å². The highest BCUT2D eigenvalue weighted by Crippen LogP contribution is 2.30. The van der Waals surface area contributed by atoms with Crippen molar-refractivity contribution >= 4 is 17.4 Å². The first-order chi connectivity index (χ1) is 12.3. The largest absolute Gasteiger partial charge is 0.416 e. The molecule has 0 saturated carbocycles. The van der Waals surface area contributed by atoms with Gasteiger partial charge in [-0.3, -0.25) is 4.79 Å². The minimum atomic E-state index is -4.46. The van der Waals surface area contributed by atoms with Crippen LogP contribution in [0.4, 0.5) is 24.7 Å². The topological polar surface area (TPSA) is 58.1 Å². The van der Waals surface area contributed by atoms with Crippen LogP contribution >= 0.6 is 0 Å². The van der Waals surface area contributed by atoms with Crippen LogP contribution in [-0.4, -0.2) is 29.0 Å². The van der Waals surface area contributed by atoms with E-state index in [1.807, 2.05) is 0 Å². The van der Waals surface area contributed by atoms with Gasteiger partial charge in [0.1, 0.15) is 17.8 Å². The lowest BCUT2D eigenvalue weighted by molar-refractivity contribution is -0.137. The molecule has 1 unspecified atom stereocenters. The predicted molar refractivity (Wildman–Crippen MR) is 92.0 cm³/mol. The molecule has 1 aromatic heterocycles. The first kappa shape index (κ1) is 18.2. The summed E-state index contributed by atoms with van der Waals surface area (Å²) in [7, 11) is 0. The summed E-state index contributed by atoms with van der Waals surface area (Å²) in [5.74, 6) is 0.625. The lowest BCUT2D eigenvalue weighted by Crippen LogP contribution is -2.35. The normalized spacial score (nSPS) is 17.8. The Morgan fingerprint density at radius 3 is 2.81 bits per heavy atom. The molecule has 0 spiro atoms. The van der Waals surface area contributed by atoms with Crippen molar-refractivity contribution in [3.63, 3.8) is 0 Å². The highest BCUT2D eigenvalue weighted by molar-refractivity contribution is 6.03. The van der Waals surface area contributed by atoms with Crippen LogP contribution in [0, 0.1) is 5.92 Å². The van der Waals surface area contributed by atoms with Gasteiger partial charge in [-0.25, -0.2) is 9.97 Å². The molecule has 5 nitrogen and oxygen atoms in total. The molecule has 1 atom stereocenters. The molecule has 1 amide bonds. The number of alkyl halides is 3. The first-order valence-corrected chi connectivity index (χ1v) is 8.38. The van der Waals surface area contributed by atoms with Crippen molar-refractivity contribution in [2.24, 2.45) is 5.92 Å².